The van der Waals surface area contributed by atoms with Gasteiger partial charge in [-0.15, -0.1) is 0 Å². The highest BCUT2D eigenvalue weighted by Crippen LogP contribution is 2.33. The van der Waals surface area contributed by atoms with Gasteiger partial charge in [0, 0.05) is 13.1 Å². The Bertz CT molecular complexity index is 297. The number of halogens is 3. The number of hydrogen-bond acceptors (Lipinski definition) is 2. The van der Waals surface area contributed by atoms with E-state index in [4.69, 9.17) is 0 Å². The summed E-state index contributed by atoms with van der Waals surface area (Å²) >= 11 is 0. The number of hydrogen-bond donors (Lipinski definition) is 1. The zero-order chi connectivity index (χ0) is 14.0. The summed E-state index contributed by atoms with van der Waals surface area (Å²) in [4.78, 5) is 13.4. The molecule has 1 aliphatic heterocycles. The molecule has 1 rings (SSSR count). The summed E-state index contributed by atoms with van der Waals surface area (Å²) in [5.41, 5.74) is 0.133. The molecule has 3 nitrogen and oxygen atoms in total. The van der Waals surface area contributed by atoms with Crippen LogP contribution in [0.1, 0.15) is 27.2 Å². The molecule has 1 fully saturated rings. The van der Waals surface area contributed by atoms with Crippen LogP contribution in [0.2, 0.25) is 0 Å². The Morgan fingerprint density at radius 1 is 1.33 bits per heavy atom. The van der Waals surface area contributed by atoms with Gasteiger partial charge in [-0.25, -0.2) is 0 Å². The van der Waals surface area contributed by atoms with E-state index in [0.717, 1.165) is 6.42 Å². The summed E-state index contributed by atoms with van der Waals surface area (Å²) < 4.78 is 35.7. The van der Waals surface area contributed by atoms with E-state index in [1.807, 2.05) is 0 Å². The first kappa shape index (κ1) is 15.3. The van der Waals surface area contributed by atoms with Gasteiger partial charge in [0.1, 0.15) is 0 Å². The number of amides is 1. The van der Waals surface area contributed by atoms with Gasteiger partial charge in [0.2, 0.25) is 5.91 Å². The molecule has 1 amide bonds. The van der Waals surface area contributed by atoms with Crippen LogP contribution in [0.25, 0.3) is 0 Å². The molecule has 1 heterocycles. The lowest BCUT2D eigenvalue weighted by Crippen LogP contribution is -2.40. The van der Waals surface area contributed by atoms with E-state index in [-0.39, 0.29) is 17.9 Å². The SMILES string of the molecule is CC(C)(C)C1CCN(C(=O)CNCC(F)(F)F)C1. The van der Waals surface area contributed by atoms with Gasteiger partial charge in [-0.05, 0) is 17.8 Å². The molecule has 106 valence electrons. The lowest BCUT2D eigenvalue weighted by atomic mass is 9.80. The number of nitrogens with one attached hydrogen (secondary N) is 1. The molecule has 0 aromatic heterocycles. The molecule has 0 bridgehead atoms. The van der Waals surface area contributed by atoms with E-state index in [1.54, 1.807) is 4.90 Å². The number of alkyl halides is 3. The molecule has 0 aromatic rings. The predicted molar refractivity (Wildman–Crippen MR) is 63.1 cm³/mol. The van der Waals surface area contributed by atoms with Gasteiger partial charge in [-0.2, -0.15) is 13.2 Å². The lowest BCUT2D eigenvalue weighted by molar-refractivity contribution is -0.133. The number of carbonyl (C=O) groups excluding carboxylic acids is 1. The maximum absolute atomic E-state index is 11.9. The highest BCUT2D eigenvalue weighted by atomic mass is 19.4. The molecule has 0 radical (unpaired) electrons. The maximum Gasteiger partial charge on any atom is 0.401 e. The molecule has 1 unspecified atom stereocenters. The average molecular weight is 266 g/mol. The lowest BCUT2D eigenvalue weighted by Gasteiger charge is -2.27. The minimum atomic E-state index is -4.26. The van der Waals surface area contributed by atoms with Crippen molar-refractivity contribution in [2.45, 2.75) is 33.4 Å². The van der Waals surface area contributed by atoms with Gasteiger partial charge < -0.3 is 10.2 Å². The Morgan fingerprint density at radius 2 is 1.94 bits per heavy atom. The van der Waals surface area contributed by atoms with Crippen LogP contribution in [0, 0.1) is 11.3 Å². The van der Waals surface area contributed by atoms with Crippen molar-refractivity contribution in [3.8, 4) is 0 Å². The third-order valence-corrected chi connectivity index (χ3v) is 3.37. The second kappa shape index (κ2) is 5.47. The van der Waals surface area contributed by atoms with Gasteiger partial charge in [-0.1, -0.05) is 20.8 Å². The van der Waals surface area contributed by atoms with Crippen molar-refractivity contribution in [1.29, 1.82) is 0 Å². The van der Waals surface area contributed by atoms with Crippen LogP contribution < -0.4 is 5.32 Å². The van der Waals surface area contributed by atoms with E-state index in [2.05, 4.69) is 26.1 Å². The predicted octanol–water partition coefficient (Wildman–Crippen LogP) is 2.03. The fraction of sp³-hybridized carbons (Fsp3) is 0.917. The standard InChI is InChI=1S/C12H21F3N2O/c1-11(2,3)9-4-5-17(7-9)10(18)6-16-8-12(13,14)15/h9,16H,4-8H2,1-3H3. The highest BCUT2D eigenvalue weighted by molar-refractivity contribution is 5.78. The second-order valence-corrected chi connectivity index (χ2v) is 5.91. The minimum absolute atomic E-state index is 0.133. The van der Waals surface area contributed by atoms with E-state index >= 15 is 0 Å². The fourth-order valence-electron chi connectivity index (χ4n) is 2.12. The van der Waals surface area contributed by atoms with Crippen LogP contribution in [0.15, 0.2) is 0 Å². The number of rotatable bonds is 3. The largest absolute Gasteiger partial charge is 0.401 e. The molecule has 1 saturated heterocycles. The molecule has 0 aromatic carbocycles. The second-order valence-electron chi connectivity index (χ2n) is 5.91. The van der Waals surface area contributed by atoms with Crippen LogP contribution in [-0.2, 0) is 4.79 Å². The molecular formula is C12H21F3N2O. The van der Waals surface area contributed by atoms with Crippen LogP contribution in [0.4, 0.5) is 13.2 Å². The van der Waals surface area contributed by atoms with Crippen molar-refractivity contribution in [3.05, 3.63) is 0 Å². The number of carbonyl (C=O) groups is 1. The van der Waals surface area contributed by atoms with E-state index < -0.39 is 12.7 Å². The van der Waals surface area contributed by atoms with E-state index in [9.17, 15) is 18.0 Å². The molecule has 1 atom stereocenters. The smallest absolute Gasteiger partial charge is 0.341 e. The Morgan fingerprint density at radius 3 is 2.39 bits per heavy atom. The van der Waals surface area contributed by atoms with E-state index in [0.29, 0.717) is 19.0 Å². The minimum Gasteiger partial charge on any atom is -0.341 e. The molecule has 0 saturated carbocycles. The molecule has 6 heteroatoms. The fourth-order valence-corrected chi connectivity index (χ4v) is 2.12. The van der Waals surface area contributed by atoms with Crippen molar-refractivity contribution in [2.75, 3.05) is 26.2 Å². The van der Waals surface area contributed by atoms with Gasteiger partial charge >= 0.3 is 6.18 Å². The van der Waals surface area contributed by atoms with Crippen molar-refractivity contribution < 1.29 is 18.0 Å². The summed E-state index contributed by atoms with van der Waals surface area (Å²) in [7, 11) is 0. The van der Waals surface area contributed by atoms with Crippen LogP contribution in [-0.4, -0.2) is 43.2 Å². The number of likely N-dealkylation sites (tertiary alicyclic amines) is 1. The summed E-state index contributed by atoms with van der Waals surface area (Å²) in [6.07, 6.45) is -3.34. The third kappa shape index (κ3) is 4.84. The Balaban J connectivity index is 2.32. The number of nitrogens with zero attached hydrogens (tertiary/aromatic N) is 1. The first-order valence-electron chi connectivity index (χ1n) is 6.15. The topological polar surface area (TPSA) is 32.3 Å². The van der Waals surface area contributed by atoms with Crippen LogP contribution in [0.5, 0.6) is 0 Å². The van der Waals surface area contributed by atoms with Crippen LogP contribution >= 0.6 is 0 Å². The molecule has 1 aliphatic rings. The first-order valence-corrected chi connectivity index (χ1v) is 6.15. The zero-order valence-corrected chi connectivity index (χ0v) is 11.1. The van der Waals surface area contributed by atoms with E-state index in [1.165, 1.54) is 0 Å². The molecule has 0 spiro atoms. The summed E-state index contributed by atoms with van der Waals surface area (Å²) in [5.74, 6) is 0.176. The Labute approximate surface area is 106 Å². The maximum atomic E-state index is 11.9. The average Bonchev–Trinajstić information content (AvgIpc) is 2.62. The Hall–Kier alpha value is -0.780. The quantitative estimate of drug-likeness (QED) is 0.847. The molecule has 0 aliphatic carbocycles. The Kier molecular flexibility index (Phi) is 4.64. The van der Waals surface area contributed by atoms with Crippen molar-refractivity contribution in [3.63, 3.8) is 0 Å². The summed E-state index contributed by atoms with van der Waals surface area (Å²) in [6.45, 7) is 6.30. The molecule has 18 heavy (non-hydrogen) atoms. The van der Waals surface area contributed by atoms with Gasteiger partial charge in [0.15, 0.2) is 0 Å². The van der Waals surface area contributed by atoms with Gasteiger partial charge in [0.25, 0.3) is 0 Å². The summed E-state index contributed by atoms with van der Waals surface area (Å²) in [5, 5.41) is 2.14. The van der Waals surface area contributed by atoms with Gasteiger partial charge in [-0.3, -0.25) is 4.79 Å². The van der Waals surface area contributed by atoms with Crippen molar-refractivity contribution in [1.82, 2.24) is 10.2 Å². The van der Waals surface area contributed by atoms with Crippen molar-refractivity contribution in [2.24, 2.45) is 11.3 Å². The molecular weight excluding hydrogens is 245 g/mol. The summed E-state index contributed by atoms with van der Waals surface area (Å²) in [6, 6.07) is 0. The van der Waals surface area contributed by atoms with Crippen molar-refractivity contribution >= 4 is 5.91 Å². The third-order valence-electron chi connectivity index (χ3n) is 3.37. The van der Waals surface area contributed by atoms with Crippen LogP contribution in [0.3, 0.4) is 0 Å². The highest BCUT2D eigenvalue weighted by Gasteiger charge is 2.34. The first-order chi connectivity index (χ1) is 8.09. The monoisotopic (exact) mass is 266 g/mol. The van der Waals surface area contributed by atoms with Gasteiger partial charge in [0.05, 0.1) is 13.1 Å². The molecule has 1 N–H and O–H groups in total. The normalized spacial score (nSPS) is 21.4. The zero-order valence-electron chi connectivity index (χ0n) is 11.1.